The van der Waals surface area contributed by atoms with E-state index in [2.05, 4.69) is 52.0 Å². The summed E-state index contributed by atoms with van der Waals surface area (Å²) in [5.41, 5.74) is 3.18. The SMILES string of the molecule is [Al][O]c1ccc(/C=C/c2ccccc2)c2cccnc12. The van der Waals surface area contributed by atoms with Crippen molar-refractivity contribution < 1.29 is 3.79 Å². The highest BCUT2D eigenvalue weighted by molar-refractivity contribution is 6.03. The van der Waals surface area contributed by atoms with Gasteiger partial charge in [0.25, 0.3) is 0 Å². The second kappa shape index (κ2) is 5.92. The standard InChI is InChI=1S/C17H13NO.Al/c19-16-11-10-14(15-7-4-12-18-17(15)16)9-8-13-5-2-1-3-6-13;/h1-12,19H;/q;+1/p-1/b9-8+;. The van der Waals surface area contributed by atoms with E-state index in [0.717, 1.165) is 22.2 Å². The summed E-state index contributed by atoms with van der Waals surface area (Å²) in [7, 11) is 0. The molecule has 0 unspecified atom stereocenters. The number of nitrogens with zero attached hydrogens (tertiary/aromatic N) is 1. The number of rotatable bonds is 3. The number of hydrogen-bond acceptors (Lipinski definition) is 2. The number of pyridine rings is 1. The molecule has 3 rings (SSSR count). The molecule has 1 heterocycles. The van der Waals surface area contributed by atoms with Gasteiger partial charge in [-0.25, -0.2) is 0 Å². The van der Waals surface area contributed by atoms with E-state index >= 15 is 0 Å². The molecular formula is C17H12AlNO. The molecule has 0 saturated carbocycles. The van der Waals surface area contributed by atoms with Crippen LogP contribution in [0.1, 0.15) is 11.1 Å². The second-order valence-electron chi connectivity index (χ2n) is 4.41. The second-order valence-corrected chi connectivity index (χ2v) is 4.65. The van der Waals surface area contributed by atoms with Crippen molar-refractivity contribution in [1.29, 1.82) is 0 Å². The molecule has 0 saturated heterocycles. The summed E-state index contributed by atoms with van der Waals surface area (Å²) in [5.74, 6) is 0.766. The van der Waals surface area contributed by atoms with Crippen LogP contribution in [0, 0.1) is 0 Å². The van der Waals surface area contributed by atoms with E-state index in [0.29, 0.717) is 0 Å². The van der Waals surface area contributed by atoms with Crippen LogP contribution >= 0.6 is 0 Å². The average molecular weight is 273 g/mol. The van der Waals surface area contributed by atoms with Crippen molar-refractivity contribution in [3.63, 3.8) is 0 Å². The van der Waals surface area contributed by atoms with Crippen molar-refractivity contribution in [3.05, 3.63) is 71.9 Å². The average Bonchev–Trinajstić information content (AvgIpc) is 2.53. The van der Waals surface area contributed by atoms with Gasteiger partial charge in [0.15, 0.2) is 0 Å². The maximum Gasteiger partial charge on any atom is 0.482 e. The van der Waals surface area contributed by atoms with E-state index in [1.54, 1.807) is 6.20 Å². The zero-order valence-corrected chi connectivity index (χ0v) is 12.0. The number of hydrogen-bond donors (Lipinski definition) is 0. The molecular weight excluding hydrogens is 261 g/mol. The predicted molar refractivity (Wildman–Crippen MR) is 83.5 cm³/mol. The largest absolute Gasteiger partial charge is 0.652 e. The highest BCUT2D eigenvalue weighted by Gasteiger charge is 2.04. The van der Waals surface area contributed by atoms with Crippen molar-refractivity contribution in [2.24, 2.45) is 0 Å². The topological polar surface area (TPSA) is 22.1 Å². The Morgan fingerprint density at radius 3 is 2.55 bits per heavy atom. The van der Waals surface area contributed by atoms with Gasteiger partial charge in [0, 0.05) is 11.6 Å². The molecule has 0 fully saturated rings. The fourth-order valence-electron chi connectivity index (χ4n) is 2.16. The van der Waals surface area contributed by atoms with Gasteiger partial charge in [0.2, 0.25) is 0 Å². The maximum atomic E-state index is 5.28. The fourth-order valence-corrected chi connectivity index (χ4v) is 2.35. The van der Waals surface area contributed by atoms with Gasteiger partial charge >= 0.3 is 16.6 Å². The molecule has 2 aromatic carbocycles. The molecule has 0 N–H and O–H groups in total. The summed E-state index contributed by atoms with van der Waals surface area (Å²) in [6.07, 6.45) is 5.98. The van der Waals surface area contributed by atoms with Crippen molar-refractivity contribution in [1.82, 2.24) is 4.98 Å². The molecule has 3 heteroatoms. The molecule has 0 aliphatic heterocycles. The first kappa shape index (κ1) is 12.9. The Kier molecular flexibility index (Phi) is 3.83. The maximum absolute atomic E-state index is 5.28. The molecule has 0 bridgehead atoms. The van der Waals surface area contributed by atoms with E-state index in [1.807, 2.05) is 36.4 Å². The van der Waals surface area contributed by atoms with Gasteiger partial charge in [-0.15, -0.1) is 0 Å². The molecule has 2 radical (unpaired) electrons. The summed E-state index contributed by atoms with van der Waals surface area (Å²) < 4.78 is 5.28. The highest BCUT2D eigenvalue weighted by Crippen LogP contribution is 2.27. The van der Waals surface area contributed by atoms with Gasteiger partial charge in [-0.3, -0.25) is 4.98 Å². The number of aromatic nitrogens is 1. The quantitative estimate of drug-likeness (QED) is 0.534. The van der Waals surface area contributed by atoms with Gasteiger partial charge in [-0.1, -0.05) is 54.6 Å². The van der Waals surface area contributed by atoms with Crippen molar-refractivity contribution in [2.75, 3.05) is 0 Å². The molecule has 3 aromatic rings. The normalized spacial score (nSPS) is 11.0. The Labute approximate surface area is 126 Å². The molecule has 0 spiro atoms. The lowest BCUT2D eigenvalue weighted by Gasteiger charge is -2.08. The van der Waals surface area contributed by atoms with Crippen LogP contribution in [0.25, 0.3) is 23.1 Å². The highest BCUT2D eigenvalue weighted by atomic mass is 27.1. The predicted octanol–water partition coefficient (Wildman–Crippen LogP) is 3.87. The third-order valence-corrected chi connectivity index (χ3v) is 3.40. The van der Waals surface area contributed by atoms with Crippen molar-refractivity contribution in [2.45, 2.75) is 0 Å². The molecule has 1 aromatic heterocycles. The summed E-state index contributed by atoms with van der Waals surface area (Å²) in [5, 5.41) is 1.08. The molecule has 0 aliphatic rings. The fraction of sp³-hybridized carbons (Fsp3) is 0. The third kappa shape index (κ3) is 2.60. The summed E-state index contributed by atoms with van der Waals surface area (Å²) >= 11 is 2.27. The smallest absolute Gasteiger partial charge is 0.482 e. The third-order valence-electron chi connectivity index (χ3n) is 3.15. The minimum Gasteiger partial charge on any atom is -0.652 e. The van der Waals surface area contributed by atoms with Crippen LogP contribution in [0.2, 0.25) is 0 Å². The minimum atomic E-state index is 0.766. The first-order chi connectivity index (χ1) is 9.88. The number of fused-ring (bicyclic) bond motifs is 1. The van der Waals surface area contributed by atoms with Crippen LogP contribution in [-0.2, 0) is 0 Å². The molecule has 0 atom stereocenters. The lowest BCUT2D eigenvalue weighted by molar-refractivity contribution is 0.622. The Bertz CT molecular complexity index is 753. The summed E-state index contributed by atoms with van der Waals surface area (Å²) in [6.45, 7) is 0. The van der Waals surface area contributed by atoms with Crippen molar-refractivity contribution >= 4 is 39.7 Å². The van der Waals surface area contributed by atoms with Crippen LogP contribution in [0.5, 0.6) is 5.75 Å². The van der Waals surface area contributed by atoms with Gasteiger partial charge in [0.1, 0.15) is 11.3 Å². The molecule has 0 amide bonds. The van der Waals surface area contributed by atoms with E-state index < -0.39 is 0 Å². The molecule has 20 heavy (non-hydrogen) atoms. The summed E-state index contributed by atoms with van der Waals surface area (Å²) in [6, 6.07) is 18.2. The minimum absolute atomic E-state index is 0.766. The first-order valence-corrected chi connectivity index (χ1v) is 6.83. The molecule has 94 valence electrons. The van der Waals surface area contributed by atoms with E-state index in [-0.39, 0.29) is 0 Å². The Hall–Kier alpha value is -2.08. The Morgan fingerprint density at radius 1 is 0.900 bits per heavy atom. The van der Waals surface area contributed by atoms with Gasteiger partial charge in [-0.2, -0.15) is 0 Å². The van der Waals surface area contributed by atoms with Crippen LogP contribution < -0.4 is 3.79 Å². The lowest BCUT2D eigenvalue weighted by atomic mass is 10.1. The van der Waals surface area contributed by atoms with Gasteiger partial charge in [0.05, 0.1) is 0 Å². The van der Waals surface area contributed by atoms with Crippen molar-refractivity contribution in [3.8, 4) is 5.75 Å². The van der Waals surface area contributed by atoms with E-state index in [1.165, 1.54) is 5.56 Å². The van der Waals surface area contributed by atoms with Crippen LogP contribution in [0.3, 0.4) is 0 Å². The monoisotopic (exact) mass is 273 g/mol. The van der Waals surface area contributed by atoms with E-state index in [9.17, 15) is 0 Å². The van der Waals surface area contributed by atoms with Crippen LogP contribution in [0.4, 0.5) is 0 Å². The Morgan fingerprint density at radius 2 is 1.75 bits per heavy atom. The zero-order chi connectivity index (χ0) is 13.8. The van der Waals surface area contributed by atoms with Crippen LogP contribution in [-0.4, -0.2) is 21.6 Å². The van der Waals surface area contributed by atoms with Gasteiger partial charge in [-0.05, 0) is 23.3 Å². The zero-order valence-electron chi connectivity index (χ0n) is 10.9. The first-order valence-electron chi connectivity index (χ1n) is 6.36. The van der Waals surface area contributed by atoms with Gasteiger partial charge < -0.3 is 3.79 Å². The molecule has 2 nitrogen and oxygen atoms in total. The number of benzene rings is 2. The molecule has 0 aliphatic carbocycles. The van der Waals surface area contributed by atoms with E-state index in [4.69, 9.17) is 3.79 Å². The van der Waals surface area contributed by atoms with Crippen LogP contribution in [0.15, 0.2) is 60.8 Å². The summed E-state index contributed by atoms with van der Waals surface area (Å²) in [4.78, 5) is 4.40. The lowest BCUT2D eigenvalue weighted by Crippen LogP contribution is -1.90. The Balaban J connectivity index is 2.07.